The normalized spacial score (nSPS) is 15.9. The summed E-state index contributed by atoms with van der Waals surface area (Å²) in [6.45, 7) is 6.27. The fourth-order valence-corrected chi connectivity index (χ4v) is 6.13. The first-order valence-corrected chi connectivity index (χ1v) is 13.5. The van der Waals surface area contributed by atoms with Gasteiger partial charge in [-0.2, -0.15) is 0 Å². The molecular weight excluding hydrogens is 466 g/mol. The highest BCUT2D eigenvalue weighted by atomic mass is 32.2. The molecule has 188 valence electrons. The molecule has 2 aromatic rings. The lowest BCUT2D eigenvalue weighted by molar-refractivity contribution is -0.132. The summed E-state index contributed by atoms with van der Waals surface area (Å²) in [5.41, 5.74) is 1.87. The number of fused-ring (bicyclic) bond motifs is 1. The van der Waals surface area contributed by atoms with E-state index in [0.29, 0.717) is 62.9 Å². The standard InChI is InChI=1S/C26H33N3O5S/c1-19(2)8-11-25(30)27-14-16-28(17-15-27)26(31)22-18-21(9-10-24(22)34-3)35(32,33)29-13-12-20-6-4-5-7-23(20)29/h4-7,9-10,18-19H,8,11-17H2,1-3H3. The summed E-state index contributed by atoms with van der Waals surface area (Å²) in [6, 6.07) is 11.9. The molecule has 0 atom stereocenters. The Hall–Kier alpha value is -3.07. The molecule has 8 nitrogen and oxygen atoms in total. The number of hydrogen-bond acceptors (Lipinski definition) is 5. The number of piperazine rings is 1. The van der Waals surface area contributed by atoms with Gasteiger partial charge in [0.05, 0.1) is 23.3 Å². The average molecular weight is 500 g/mol. The first kappa shape index (κ1) is 25.0. The third-order valence-corrected chi connectivity index (χ3v) is 8.50. The summed E-state index contributed by atoms with van der Waals surface area (Å²) in [5.74, 6) is 0.607. The van der Waals surface area contributed by atoms with E-state index in [2.05, 4.69) is 13.8 Å². The van der Waals surface area contributed by atoms with Crippen LogP contribution in [0, 0.1) is 5.92 Å². The molecule has 35 heavy (non-hydrogen) atoms. The highest BCUT2D eigenvalue weighted by Gasteiger charge is 2.33. The Morgan fingerprint density at radius 1 is 0.971 bits per heavy atom. The Kier molecular flexibility index (Phi) is 7.35. The van der Waals surface area contributed by atoms with Crippen LogP contribution < -0.4 is 9.04 Å². The van der Waals surface area contributed by atoms with Crippen molar-refractivity contribution in [1.29, 1.82) is 0 Å². The maximum Gasteiger partial charge on any atom is 0.264 e. The van der Waals surface area contributed by atoms with Crippen LogP contribution in [0.2, 0.25) is 0 Å². The van der Waals surface area contributed by atoms with Crippen LogP contribution in [0.15, 0.2) is 47.4 Å². The second kappa shape index (κ2) is 10.3. The molecule has 2 amide bonds. The van der Waals surface area contributed by atoms with E-state index in [0.717, 1.165) is 12.0 Å². The molecular formula is C26H33N3O5S. The number of amides is 2. The third kappa shape index (κ3) is 5.15. The minimum atomic E-state index is -3.84. The molecule has 4 rings (SSSR count). The molecule has 2 heterocycles. The molecule has 2 aliphatic heterocycles. The van der Waals surface area contributed by atoms with Crippen LogP contribution in [0.3, 0.4) is 0 Å². The Morgan fingerprint density at radius 2 is 1.66 bits per heavy atom. The number of para-hydroxylation sites is 1. The largest absolute Gasteiger partial charge is 0.496 e. The van der Waals surface area contributed by atoms with Crippen molar-refractivity contribution in [3.63, 3.8) is 0 Å². The van der Waals surface area contributed by atoms with E-state index in [4.69, 9.17) is 4.74 Å². The van der Waals surface area contributed by atoms with E-state index >= 15 is 0 Å². The molecule has 1 fully saturated rings. The number of methoxy groups -OCH3 is 1. The number of nitrogens with zero attached hydrogens (tertiary/aromatic N) is 3. The fourth-order valence-electron chi connectivity index (χ4n) is 4.60. The second-order valence-electron chi connectivity index (χ2n) is 9.42. The summed E-state index contributed by atoms with van der Waals surface area (Å²) < 4.78 is 33.8. The maximum absolute atomic E-state index is 13.5. The third-order valence-electron chi connectivity index (χ3n) is 6.69. The van der Waals surface area contributed by atoms with E-state index in [9.17, 15) is 18.0 Å². The summed E-state index contributed by atoms with van der Waals surface area (Å²) >= 11 is 0. The zero-order chi connectivity index (χ0) is 25.2. The molecule has 0 saturated carbocycles. The summed E-state index contributed by atoms with van der Waals surface area (Å²) in [5, 5.41) is 0. The van der Waals surface area contributed by atoms with E-state index < -0.39 is 10.0 Å². The van der Waals surface area contributed by atoms with Crippen molar-refractivity contribution in [2.45, 2.75) is 38.0 Å². The lowest BCUT2D eigenvalue weighted by Gasteiger charge is -2.35. The summed E-state index contributed by atoms with van der Waals surface area (Å²) in [6.07, 6.45) is 2.01. The van der Waals surface area contributed by atoms with Crippen LogP contribution in [0.5, 0.6) is 5.75 Å². The Balaban J connectivity index is 1.52. The zero-order valence-electron chi connectivity index (χ0n) is 20.6. The van der Waals surface area contributed by atoms with Gasteiger partial charge in [-0.25, -0.2) is 8.42 Å². The number of carbonyl (C=O) groups excluding carboxylic acids is 2. The highest BCUT2D eigenvalue weighted by molar-refractivity contribution is 7.92. The van der Waals surface area contributed by atoms with Crippen molar-refractivity contribution in [3.05, 3.63) is 53.6 Å². The zero-order valence-corrected chi connectivity index (χ0v) is 21.4. The van der Waals surface area contributed by atoms with Crippen molar-refractivity contribution in [3.8, 4) is 5.75 Å². The van der Waals surface area contributed by atoms with Gasteiger partial charge in [0.15, 0.2) is 0 Å². The number of benzene rings is 2. The predicted octanol–water partition coefficient (Wildman–Crippen LogP) is 3.17. The lowest BCUT2D eigenvalue weighted by atomic mass is 10.1. The highest BCUT2D eigenvalue weighted by Crippen LogP contribution is 2.34. The van der Waals surface area contributed by atoms with Crippen LogP contribution in [-0.2, 0) is 21.2 Å². The Labute approximate surface area is 207 Å². The van der Waals surface area contributed by atoms with Gasteiger partial charge >= 0.3 is 0 Å². The number of rotatable bonds is 7. The number of sulfonamides is 1. The van der Waals surface area contributed by atoms with Gasteiger partial charge in [-0.05, 0) is 48.6 Å². The van der Waals surface area contributed by atoms with Gasteiger partial charge in [0.1, 0.15) is 5.75 Å². The quantitative estimate of drug-likeness (QED) is 0.584. The van der Waals surface area contributed by atoms with Crippen molar-refractivity contribution >= 4 is 27.5 Å². The monoisotopic (exact) mass is 499 g/mol. The molecule has 2 aliphatic rings. The minimum Gasteiger partial charge on any atom is -0.496 e. The van der Waals surface area contributed by atoms with Gasteiger partial charge in [0.25, 0.3) is 15.9 Å². The molecule has 9 heteroatoms. The number of hydrogen-bond donors (Lipinski definition) is 0. The molecule has 0 bridgehead atoms. The maximum atomic E-state index is 13.5. The number of ether oxygens (including phenoxy) is 1. The summed E-state index contributed by atoms with van der Waals surface area (Å²) in [7, 11) is -2.38. The Morgan fingerprint density at radius 3 is 2.34 bits per heavy atom. The predicted molar refractivity (Wildman–Crippen MR) is 134 cm³/mol. The van der Waals surface area contributed by atoms with Crippen molar-refractivity contribution in [2.75, 3.05) is 44.1 Å². The average Bonchev–Trinajstić information content (AvgIpc) is 3.31. The lowest BCUT2D eigenvalue weighted by Crippen LogP contribution is -2.50. The molecule has 1 saturated heterocycles. The van der Waals surface area contributed by atoms with Gasteiger partial charge in [-0.3, -0.25) is 13.9 Å². The topological polar surface area (TPSA) is 87.2 Å². The van der Waals surface area contributed by atoms with Crippen molar-refractivity contribution in [1.82, 2.24) is 9.80 Å². The smallest absolute Gasteiger partial charge is 0.264 e. The fraction of sp³-hybridized carbons (Fsp3) is 0.462. The van der Waals surface area contributed by atoms with E-state index in [-0.39, 0.29) is 22.3 Å². The molecule has 0 spiro atoms. The second-order valence-corrected chi connectivity index (χ2v) is 11.3. The van der Waals surface area contributed by atoms with Gasteiger partial charge in [0, 0.05) is 39.1 Å². The SMILES string of the molecule is COc1ccc(S(=O)(=O)N2CCc3ccccc32)cc1C(=O)N1CCN(C(=O)CCC(C)C)CC1. The van der Waals surface area contributed by atoms with E-state index in [1.807, 2.05) is 18.2 Å². The van der Waals surface area contributed by atoms with Crippen LogP contribution in [0.1, 0.15) is 42.6 Å². The molecule has 0 aliphatic carbocycles. The van der Waals surface area contributed by atoms with Gasteiger partial charge in [-0.15, -0.1) is 0 Å². The molecule has 0 radical (unpaired) electrons. The van der Waals surface area contributed by atoms with Gasteiger partial charge in [-0.1, -0.05) is 32.0 Å². The number of carbonyl (C=O) groups is 2. The van der Waals surface area contributed by atoms with E-state index in [1.165, 1.54) is 29.6 Å². The first-order valence-electron chi connectivity index (χ1n) is 12.1. The minimum absolute atomic E-state index is 0.0563. The van der Waals surface area contributed by atoms with Crippen LogP contribution >= 0.6 is 0 Å². The molecule has 0 N–H and O–H groups in total. The molecule has 0 unspecified atom stereocenters. The van der Waals surface area contributed by atoms with Gasteiger partial charge in [0.2, 0.25) is 5.91 Å². The van der Waals surface area contributed by atoms with E-state index in [1.54, 1.807) is 15.9 Å². The van der Waals surface area contributed by atoms with Crippen LogP contribution in [0.4, 0.5) is 5.69 Å². The van der Waals surface area contributed by atoms with Crippen molar-refractivity contribution in [2.24, 2.45) is 5.92 Å². The molecule has 2 aromatic carbocycles. The first-order chi connectivity index (χ1) is 16.7. The number of anilines is 1. The Bertz CT molecular complexity index is 1200. The summed E-state index contributed by atoms with van der Waals surface area (Å²) in [4.78, 5) is 29.4. The van der Waals surface area contributed by atoms with Crippen molar-refractivity contribution < 1.29 is 22.7 Å². The van der Waals surface area contributed by atoms with Crippen LogP contribution in [0.25, 0.3) is 0 Å². The van der Waals surface area contributed by atoms with Gasteiger partial charge < -0.3 is 14.5 Å². The molecule has 0 aromatic heterocycles. The van der Waals surface area contributed by atoms with Crippen LogP contribution in [-0.4, -0.2) is 69.9 Å².